The molecule has 1 aromatic carbocycles. The second kappa shape index (κ2) is 4.93. The Morgan fingerprint density at radius 1 is 1.21 bits per heavy atom. The van der Waals surface area contributed by atoms with Gasteiger partial charge < -0.3 is 5.11 Å². The molecule has 0 saturated carbocycles. The minimum Gasteiger partial charge on any atom is -0.478 e. The average Bonchev–Trinajstić information content (AvgIpc) is 2.61. The van der Waals surface area contributed by atoms with Crippen molar-refractivity contribution < 1.29 is 9.90 Å². The second-order valence-electron chi connectivity index (χ2n) is 4.91. The number of carboxylic acids is 1. The first kappa shape index (κ1) is 12.6. The largest absolute Gasteiger partial charge is 0.478 e. The highest BCUT2D eigenvalue weighted by Gasteiger charge is 2.22. The normalized spacial score (nSPS) is 15.0. The summed E-state index contributed by atoms with van der Waals surface area (Å²) in [4.78, 5) is 16.4. The number of aromatic nitrogens is 1. The number of fused-ring (bicyclic) bond motifs is 2. The van der Waals surface area contributed by atoms with Gasteiger partial charge in [0.05, 0.1) is 11.1 Å². The summed E-state index contributed by atoms with van der Waals surface area (Å²) in [5, 5.41) is 10.3. The smallest absolute Gasteiger partial charge is 0.336 e. The Morgan fingerprint density at radius 3 is 2.79 bits per heavy atom. The molecule has 1 aliphatic carbocycles. The lowest BCUT2D eigenvalue weighted by Crippen LogP contribution is -2.09. The number of hydrogen-bond donors (Lipinski definition) is 1. The zero-order valence-corrected chi connectivity index (χ0v) is 12.0. The zero-order chi connectivity index (χ0) is 13.4. The molecule has 1 aliphatic rings. The number of benzene rings is 1. The molecule has 1 N–H and O–H groups in total. The van der Waals surface area contributed by atoms with Gasteiger partial charge in [0, 0.05) is 15.6 Å². The third kappa shape index (κ3) is 2.14. The van der Waals surface area contributed by atoms with Crippen molar-refractivity contribution in [3.63, 3.8) is 0 Å². The van der Waals surface area contributed by atoms with Crippen LogP contribution in [0.1, 0.15) is 40.9 Å². The first-order valence-electron chi connectivity index (χ1n) is 6.52. The van der Waals surface area contributed by atoms with Crippen LogP contribution in [0.4, 0.5) is 0 Å². The third-order valence-corrected chi connectivity index (χ3v) is 4.36. The van der Waals surface area contributed by atoms with Gasteiger partial charge in [-0.05, 0) is 43.4 Å². The monoisotopic (exact) mass is 319 g/mol. The molecule has 0 unspecified atom stereocenters. The standard InChI is InChI=1S/C15H14BrNO2/c16-10-6-4-8-12-14(10)13(15(18)19)9-5-2-1-3-7-11(9)17-12/h4,6,8H,1-3,5,7H2,(H,18,19). The molecule has 2 aromatic rings. The molecule has 1 aromatic heterocycles. The predicted octanol–water partition coefficient (Wildman–Crippen LogP) is 3.96. The SMILES string of the molecule is O=C(O)c1c2c(nc3cccc(Br)c13)CCCCC2. The Kier molecular flexibility index (Phi) is 3.27. The summed E-state index contributed by atoms with van der Waals surface area (Å²) in [5.74, 6) is -0.850. The van der Waals surface area contributed by atoms with Gasteiger partial charge >= 0.3 is 5.97 Å². The van der Waals surface area contributed by atoms with E-state index in [1.54, 1.807) is 0 Å². The number of carboxylic acid groups (broad SMARTS) is 1. The maximum absolute atomic E-state index is 11.7. The van der Waals surface area contributed by atoms with Crippen LogP contribution in [0.3, 0.4) is 0 Å². The summed E-state index contributed by atoms with van der Waals surface area (Å²) in [6, 6.07) is 5.66. The van der Waals surface area contributed by atoms with E-state index < -0.39 is 5.97 Å². The van der Waals surface area contributed by atoms with E-state index in [1.165, 1.54) is 0 Å². The van der Waals surface area contributed by atoms with E-state index in [0.717, 1.165) is 58.7 Å². The molecule has 0 amide bonds. The van der Waals surface area contributed by atoms with Gasteiger partial charge in [-0.2, -0.15) is 0 Å². The van der Waals surface area contributed by atoms with Crippen LogP contribution < -0.4 is 0 Å². The Hall–Kier alpha value is -1.42. The molecule has 1 heterocycles. The number of carbonyl (C=O) groups is 1. The van der Waals surface area contributed by atoms with Crippen LogP contribution in [0.2, 0.25) is 0 Å². The number of halogens is 1. The number of rotatable bonds is 1. The number of hydrogen-bond acceptors (Lipinski definition) is 2. The van der Waals surface area contributed by atoms with E-state index in [9.17, 15) is 9.90 Å². The fraction of sp³-hybridized carbons (Fsp3) is 0.333. The van der Waals surface area contributed by atoms with Crippen LogP contribution in [0.5, 0.6) is 0 Å². The number of pyridine rings is 1. The lowest BCUT2D eigenvalue weighted by Gasteiger charge is -2.13. The quantitative estimate of drug-likeness (QED) is 0.809. The van der Waals surface area contributed by atoms with E-state index >= 15 is 0 Å². The molecule has 4 heteroatoms. The maximum atomic E-state index is 11.7. The van der Waals surface area contributed by atoms with Crippen molar-refractivity contribution in [2.24, 2.45) is 0 Å². The summed E-state index contributed by atoms with van der Waals surface area (Å²) < 4.78 is 0.807. The van der Waals surface area contributed by atoms with E-state index in [4.69, 9.17) is 0 Å². The van der Waals surface area contributed by atoms with Crippen LogP contribution in [0.25, 0.3) is 10.9 Å². The topological polar surface area (TPSA) is 50.2 Å². The molecule has 3 rings (SSSR count). The maximum Gasteiger partial charge on any atom is 0.336 e. The van der Waals surface area contributed by atoms with Crippen molar-refractivity contribution in [3.05, 3.63) is 39.5 Å². The first-order valence-corrected chi connectivity index (χ1v) is 7.31. The molecule has 0 bridgehead atoms. The minimum absolute atomic E-state index is 0.439. The molecule has 0 fully saturated rings. The van der Waals surface area contributed by atoms with Gasteiger partial charge in [0.15, 0.2) is 0 Å². The molecule has 0 radical (unpaired) electrons. The first-order chi connectivity index (χ1) is 9.18. The minimum atomic E-state index is -0.850. The van der Waals surface area contributed by atoms with Crippen LogP contribution in [-0.4, -0.2) is 16.1 Å². The Bertz CT molecular complexity index is 667. The van der Waals surface area contributed by atoms with Crippen molar-refractivity contribution >= 4 is 32.8 Å². The highest BCUT2D eigenvalue weighted by Crippen LogP contribution is 2.32. The molecule has 0 aliphatic heterocycles. The van der Waals surface area contributed by atoms with Gasteiger partial charge in [-0.3, -0.25) is 4.98 Å². The zero-order valence-electron chi connectivity index (χ0n) is 10.4. The molecular weight excluding hydrogens is 306 g/mol. The van der Waals surface area contributed by atoms with Gasteiger partial charge in [-0.25, -0.2) is 4.79 Å². The van der Waals surface area contributed by atoms with Crippen LogP contribution in [0.15, 0.2) is 22.7 Å². The number of aryl methyl sites for hydroxylation is 1. The molecule has 0 saturated heterocycles. The van der Waals surface area contributed by atoms with Crippen LogP contribution in [-0.2, 0) is 12.8 Å². The van der Waals surface area contributed by atoms with Gasteiger partial charge in [-0.1, -0.05) is 28.4 Å². The average molecular weight is 320 g/mol. The highest BCUT2D eigenvalue weighted by molar-refractivity contribution is 9.10. The summed E-state index contributed by atoms with van der Waals surface area (Å²) in [6.07, 6.45) is 5.00. The van der Waals surface area contributed by atoms with Gasteiger partial charge in [0.25, 0.3) is 0 Å². The summed E-state index contributed by atoms with van der Waals surface area (Å²) in [5.41, 5.74) is 3.12. The lowest BCUT2D eigenvalue weighted by atomic mass is 9.97. The van der Waals surface area contributed by atoms with Gasteiger partial charge in [0.2, 0.25) is 0 Å². The van der Waals surface area contributed by atoms with Crippen molar-refractivity contribution in [1.29, 1.82) is 0 Å². The van der Waals surface area contributed by atoms with Crippen molar-refractivity contribution in [1.82, 2.24) is 4.98 Å². The molecular formula is C15H14BrNO2. The van der Waals surface area contributed by atoms with Gasteiger partial charge in [-0.15, -0.1) is 0 Å². The Balaban J connectivity index is 2.41. The van der Waals surface area contributed by atoms with E-state index in [2.05, 4.69) is 20.9 Å². The molecule has 98 valence electrons. The summed E-state index contributed by atoms with van der Waals surface area (Å²) in [7, 11) is 0. The number of aromatic carboxylic acids is 1. The third-order valence-electron chi connectivity index (χ3n) is 3.70. The van der Waals surface area contributed by atoms with E-state index in [1.807, 2.05) is 18.2 Å². The fourth-order valence-electron chi connectivity index (χ4n) is 2.84. The second-order valence-corrected chi connectivity index (χ2v) is 5.77. The van der Waals surface area contributed by atoms with Crippen molar-refractivity contribution in [2.45, 2.75) is 32.1 Å². The molecule has 0 spiro atoms. The molecule has 19 heavy (non-hydrogen) atoms. The van der Waals surface area contributed by atoms with Crippen molar-refractivity contribution in [3.8, 4) is 0 Å². The predicted molar refractivity (Wildman–Crippen MR) is 77.7 cm³/mol. The molecule has 0 atom stereocenters. The summed E-state index contributed by atoms with van der Waals surface area (Å²) >= 11 is 3.46. The van der Waals surface area contributed by atoms with E-state index in [0.29, 0.717) is 5.56 Å². The van der Waals surface area contributed by atoms with Crippen LogP contribution >= 0.6 is 15.9 Å². The molecule has 3 nitrogen and oxygen atoms in total. The fourth-order valence-corrected chi connectivity index (χ4v) is 3.40. The number of nitrogens with zero attached hydrogens (tertiary/aromatic N) is 1. The van der Waals surface area contributed by atoms with Gasteiger partial charge in [0.1, 0.15) is 0 Å². The van der Waals surface area contributed by atoms with E-state index in [-0.39, 0.29) is 0 Å². The van der Waals surface area contributed by atoms with Crippen LogP contribution in [0, 0.1) is 0 Å². The lowest BCUT2D eigenvalue weighted by molar-refractivity contribution is 0.0697. The highest BCUT2D eigenvalue weighted by atomic mass is 79.9. The summed E-state index contributed by atoms with van der Waals surface area (Å²) in [6.45, 7) is 0. The van der Waals surface area contributed by atoms with Crippen molar-refractivity contribution in [2.75, 3.05) is 0 Å². The Labute approximate surface area is 119 Å². The Morgan fingerprint density at radius 2 is 2.00 bits per heavy atom.